The van der Waals surface area contributed by atoms with Gasteiger partial charge in [0.1, 0.15) is 5.78 Å². The summed E-state index contributed by atoms with van der Waals surface area (Å²) in [5.74, 6) is -0.519. The summed E-state index contributed by atoms with van der Waals surface area (Å²) in [5, 5.41) is 7.72. The van der Waals surface area contributed by atoms with Crippen molar-refractivity contribution in [1.29, 1.82) is 0 Å². The number of carbonyl (C=O) groups excluding carboxylic acids is 1. The summed E-state index contributed by atoms with van der Waals surface area (Å²) in [7, 11) is 0. The van der Waals surface area contributed by atoms with Crippen LogP contribution in [0.4, 0.5) is 0 Å². The summed E-state index contributed by atoms with van der Waals surface area (Å²) in [6.07, 6.45) is 0.222. The van der Waals surface area contributed by atoms with Crippen molar-refractivity contribution in [2.75, 3.05) is 6.54 Å². The van der Waals surface area contributed by atoms with Crippen LogP contribution in [-0.4, -0.2) is 23.4 Å². The highest BCUT2D eigenvalue weighted by molar-refractivity contribution is 5.81. The largest absolute Gasteiger partial charge is 0.481 e. The van der Waals surface area contributed by atoms with Crippen LogP contribution in [0.15, 0.2) is 0 Å². The van der Waals surface area contributed by atoms with Crippen LogP contribution in [0.1, 0.15) is 27.2 Å². The molecule has 3 N–H and O–H groups in total. The Labute approximate surface area is 72.8 Å². The normalized spacial score (nSPS) is 8.75. The van der Waals surface area contributed by atoms with E-state index < -0.39 is 5.97 Å². The molecule has 4 nitrogen and oxygen atoms in total. The molecule has 0 heterocycles. The van der Waals surface area contributed by atoms with Gasteiger partial charge < -0.3 is 10.8 Å². The molecule has 12 heavy (non-hydrogen) atoms. The topological polar surface area (TPSA) is 80.4 Å². The molecule has 0 unspecified atom stereocenters. The molecule has 0 fully saturated rings. The van der Waals surface area contributed by atoms with Crippen molar-refractivity contribution < 1.29 is 14.7 Å². The predicted molar refractivity (Wildman–Crippen MR) is 46.8 cm³/mol. The minimum Gasteiger partial charge on any atom is -0.481 e. The fraction of sp³-hybridized carbons (Fsp3) is 0.750. The van der Waals surface area contributed by atoms with Crippen LogP contribution < -0.4 is 5.73 Å². The second-order valence-electron chi connectivity index (χ2n) is 2.57. The van der Waals surface area contributed by atoms with Crippen LogP contribution in [0, 0.1) is 5.92 Å². The van der Waals surface area contributed by atoms with E-state index in [1.54, 1.807) is 6.92 Å². The zero-order chi connectivity index (χ0) is 10.1. The van der Waals surface area contributed by atoms with Gasteiger partial charge in [-0.15, -0.1) is 0 Å². The lowest BCUT2D eigenvalue weighted by Gasteiger charge is -1.96. The average molecular weight is 175 g/mol. The summed E-state index contributed by atoms with van der Waals surface area (Å²) in [6, 6.07) is 0. The average Bonchev–Trinajstić information content (AvgIpc) is 2.04. The van der Waals surface area contributed by atoms with Crippen LogP contribution in [0.3, 0.4) is 0 Å². The van der Waals surface area contributed by atoms with Gasteiger partial charge in [0.15, 0.2) is 0 Å². The van der Waals surface area contributed by atoms with Crippen molar-refractivity contribution in [3.05, 3.63) is 0 Å². The third-order valence-electron chi connectivity index (χ3n) is 1.15. The number of carboxylic acids is 1. The number of carbonyl (C=O) groups is 2. The Morgan fingerprint density at radius 2 is 1.75 bits per heavy atom. The van der Waals surface area contributed by atoms with Gasteiger partial charge in [-0.25, -0.2) is 0 Å². The molecular weight excluding hydrogens is 158 g/mol. The van der Waals surface area contributed by atoms with Crippen molar-refractivity contribution in [1.82, 2.24) is 0 Å². The molecule has 0 amide bonds. The molecule has 4 heteroatoms. The number of Topliss-reactive ketones (excluding diaryl/α,β-unsaturated/α-hetero) is 1. The van der Waals surface area contributed by atoms with Crippen LogP contribution in [-0.2, 0) is 9.59 Å². The van der Waals surface area contributed by atoms with Crippen LogP contribution in [0.2, 0.25) is 0 Å². The van der Waals surface area contributed by atoms with Gasteiger partial charge in [0.25, 0.3) is 0 Å². The highest BCUT2D eigenvalue weighted by Gasteiger charge is 2.01. The predicted octanol–water partition coefficient (Wildman–Crippen LogP) is 0.651. The molecule has 0 saturated carbocycles. The molecule has 0 aliphatic carbocycles. The fourth-order valence-corrected chi connectivity index (χ4v) is 0.236. The quantitative estimate of drug-likeness (QED) is 0.660. The van der Waals surface area contributed by atoms with Crippen LogP contribution in [0.25, 0.3) is 0 Å². The number of aliphatic carboxylic acids is 1. The molecule has 0 aromatic heterocycles. The van der Waals surface area contributed by atoms with Gasteiger partial charge in [0, 0.05) is 12.3 Å². The molecule has 0 rings (SSSR count). The van der Waals surface area contributed by atoms with E-state index in [1.807, 2.05) is 13.8 Å². The smallest absolute Gasteiger partial charge is 0.303 e. The molecule has 0 aromatic rings. The highest BCUT2D eigenvalue weighted by atomic mass is 16.4. The molecule has 0 radical (unpaired) electrons. The highest BCUT2D eigenvalue weighted by Crippen LogP contribution is 1.89. The molecule has 0 atom stereocenters. The lowest BCUT2D eigenvalue weighted by Crippen LogP contribution is -2.18. The Morgan fingerprint density at radius 1 is 1.42 bits per heavy atom. The zero-order valence-electron chi connectivity index (χ0n) is 7.83. The molecule has 0 aliphatic heterocycles. The number of rotatable bonds is 3. The maximum Gasteiger partial charge on any atom is 0.303 e. The number of carboxylic acid groups (broad SMARTS) is 1. The minimum absolute atomic E-state index is 0.102. The third kappa shape index (κ3) is 11.8. The summed E-state index contributed by atoms with van der Waals surface area (Å²) < 4.78 is 0. The second kappa shape index (κ2) is 8.20. The first-order valence-corrected chi connectivity index (χ1v) is 3.90. The van der Waals surface area contributed by atoms with E-state index in [0.29, 0.717) is 0 Å². The SMILES string of the molecule is CC(C)C(=O)CN.CCC(=O)O. The molecule has 0 aliphatic rings. The van der Waals surface area contributed by atoms with Gasteiger partial charge >= 0.3 is 5.97 Å². The monoisotopic (exact) mass is 175 g/mol. The van der Waals surface area contributed by atoms with Crippen LogP contribution >= 0.6 is 0 Å². The Bertz CT molecular complexity index is 143. The van der Waals surface area contributed by atoms with Gasteiger partial charge in [0.05, 0.1) is 6.54 Å². The van der Waals surface area contributed by atoms with Crippen molar-refractivity contribution in [2.24, 2.45) is 11.7 Å². The first-order chi connectivity index (χ1) is 5.45. The van der Waals surface area contributed by atoms with Gasteiger partial charge in [-0.3, -0.25) is 9.59 Å². The number of ketones is 1. The number of hydrogen-bond donors (Lipinski definition) is 2. The molecule has 0 bridgehead atoms. The molecule has 0 spiro atoms. The summed E-state index contributed by atoms with van der Waals surface area (Å²) in [4.78, 5) is 19.8. The fourth-order valence-electron chi connectivity index (χ4n) is 0.236. The first-order valence-electron chi connectivity index (χ1n) is 3.90. The number of nitrogens with two attached hydrogens (primary N) is 1. The van der Waals surface area contributed by atoms with Gasteiger partial charge in [-0.05, 0) is 0 Å². The summed E-state index contributed by atoms with van der Waals surface area (Å²) in [6.45, 7) is 5.46. The third-order valence-corrected chi connectivity index (χ3v) is 1.15. The Kier molecular flexibility index (Phi) is 9.34. The Morgan fingerprint density at radius 3 is 1.75 bits per heavy atom. The maximum absolute atomic E-state index is 10.4. The summed E-state index contributed by atoms with van der Waals surface area (Å²) in [5.41, 5.74) is 5.02. The first kappa shape index (κ1) is 13.7. The molecule has 72 valence electrons. The van der Waals surface area contributed by atoms with E-state index >= 15 is 0 Å². The number of hydrogen-bond acceptors (Lipinski definition) is 3. The molecule has 0 saturated heterocycles. The van der Waals surface area contributed by atoms with E-state index in [1.165, 1.54) is 0 Å². The lowest BCUT2D eigenvalue weighted by atomic mass is 10.1. The Hall–Kier alpha value is -0.900. The van der Waals surface area contributed by atoms with E-state index in [9.17, 15) is 9.59 Å². The van der Waals surface area contributed by atoms with Crippen molar-refractivity contribution in [2.45, 2.75) is 27.2 Å². The molecular formula is C8H17NO3. The standard InChI is InChI=1S/C5H11NO.C3H6O2/c1-4(2)5(7)3-6;1-2-3(4)5/h4H,3,6H2,1-2H3;2H2,1H3,(H,4,5). The van der Waals surface area contributed by atoms with E-state index in [0.717, 1.165) is 0 Å². The van der Waals surface area contributed by atoms with Gasteiger partial charge in [-0.2, -0.15) is 0 Å². The van der Waals surface area contributed by atoms with Crippen LogP contribution in [0.5, 0.6) is 0 Å². The van der Waals surface area contributed by atoms with Gasteiger partial charge in [0.2, 0.25) is 0 Å². The summed E-state index contributed by atoms with van der Waals surface area (Å²) >= 11 is 0. The van der Waals surface area contributed by atoms with E-state index in [-0.39, 0.29) is 24.7 Å². The van der Waals surface area contributed by atoms with Gasteiger partial charge in [-0.1, -0.05) is 20.8 Å². The van der Waals surface area contributed by atoms with E-state index in [2.05, 4.69) is 0 Å². The lowest BCUT2D eigenvalue weighted by molar-refractivity contribution is -0.136. The van der Waals surface area contributed by atoms with Crippen molar-refractivity contribution >= 4 is 11.8 Å². The van der Waals surface area contributed by atoms with Crippen molar-refractivity contribution in [3.63, 3.8) is 0 Å². The minimum atomic E-state index is -0.745. The Balaban J connectivity index is 0. The second-order valence-corrected chi connectivity index (χ2v) is 2.57. The zero-order valence-corrected chi connectivity index (χ0v) is 7.83. The van der Waals surface area contributed by atoms with E-state index in [4.69, 9.17) is 10.8 Å². The maximum atomic E-state index is 10.4. The van der Waals surface area contributed by atoms with Crippen molar-refractivity contribution in [3.8, 4) is 0 Å². The molecule has 0 aromatic carbocycles.